The largest absolute Gasteiger partial charge is 0.385 e. The van der Waals surface area contributed by atoms with Crippen molar-refractivity contribution in [1.29, 1.82) is 0 Å². The Morgan fingerprint density at radius 3 is 3.14 bits per heavy atom. The fourth-order valence-corrected chi connectivity index (χ4v) is 2.79. The average molecular weight is 290 g/mol. The van der Waals surface area contributed by atoms with Crippen molar-refractivity contribution in [2.45, 2.75) is 32.7 Å². The zero-order chi connectivity index (χ0) is 15.1. The molecule has 0 saturated carbocycles. The fraction of sp³-hybridized carbons (Fsp3) is 0.625. The first kappa shape index (κ1) is 15.8. The zero-order valence-electron chi connectivity index (χ0n) is 13.1. The van der Waals surface area contributed by atoms with E-state index < -0.39 is 0 Å². The Kier molecular flexibility index (Phi) is 5.99. The summed E-state index contributed by atoms with van der Waals surface area (Å²) >= 11 is 0. The minimum atomic E-state index is 0.116. The summed E-state index contributed by atoms with van der Waals surface area (Å²) in [6.45, 7) is 5.82. The van der Waals surface area contributed by atoms with Crippen LogP contribution in [0.25, 0.3) is 0 Å². The monoisotopic (exact) mass is 290 g/mol. The summed E-state index contributed by atoms with van der Waals surface area (Å²) in [5, 5.41) is 6.15. The first-order chi connectivity index (χ1) is 10.2. The van der Waals surface area contributed by atoms with Crippen LogP contribution < -0.4 is 10.6 Å². The van der Waals surface area contributed by atoms with Crippen molar-refractivity contribution < 1.29 is 4.79 Å². The van der Waals surface area contributed by atoms with E-state index in [0.717, 1.165) is 56.8 Å². The van der Waals surface area contributed by atoms with Gasteiger partial charge in [0.2, 0.25) is 5.91 Å². The number of hydrogen-bond acceptors (Lipinski definition) is 4. The van der Waals surface area contributed by atoms with Crippen LogP contribution >= 0.6 is 0 Å². The Hall–Kier alpha value is -1.62. The maximum atomic E-state index is 11.8. The van der Waals surface area contributed by atoms with Gasteiger partial charge in [-0.05, 0) is 37.9 Å². The van der Waals surface area contributed by atoms with Gasteiger partial charge < -0.3 is 10.6 Å². The average Bonchev–Trinajstić information content (AvgIpc) is 2.53. The van der Waals surface area contributed by atoms with Crippen LogP contribution in [0.4, 0.5) is 5.69 Å². The highest BCUT2D eigenvalue weighted by Gasteiger charge is 2.25. The molecule has 21 heavy (non-hydrogen) atoms. The molecular formula is C16H26N4O. The molecule has 1 unspecified atom stereocenters. The molecule has 5 heteroatoms. The normalized spacial score (nSPS) is 19.2. The van der Waals surface area contributed by atoms with Crippen molar-refractivity contribution in [1.82, 2.24) is 15.2 Å². The lowest BCUT2D eigenvalue weighted by Crippen LogP contribution is -2.41. The van der Waals surface area contributed by atoms with Crippen LogP contribution in [0.5, 0.6) is 0 Å². The summed E-state index contributed by atoms with van der Waals surface area (Å²) in [6, 6.07) is 4.11. The Morgan fingerprint density at radius 1 is 1.52 bits per heavy atom. The lowest BCUT2D eigenvalue weighted by Gasteiger charge is -2.31. The second kappa shape index (κ2) is 7.98. The molecular weight excluding hydrogens is 264 g/mol. The van der Waals surface area contributed by atoms with Crippen LogP contribution in [0.15, 0.2) is 18.3 Å². The van der Waals surface area contributed by atoms with Gasteiger partial charge in [0.15, 0.2) is 0 Å². The van der Waals surface area contributed by atoms with Gasteiger partial charge in [-0.15, -0.1) is 0 Å². The van der Waals surface area contributed by atoms with E-state index in [1.807, 2.05) is 12.3 Å². The standard InChI is InChI=1S/C16H26N4O/c1-3-7-18-14-6-8-19-15(10-14)12-20-9-4-5-13(11-20)16(21)17-2/h6,8,10,13H,3-5,7,9,11-12H2,1-2H3,(H,17,21)(H,18,19). The molecule has 2 rings (SSSR count). The minimum Gasteiger partial charge on any atom is -0.385 e. The third kappa shape index (κ3) is 4.70. The summed E-state index contributed by atoms with van der Waals surface area (Å²) in [4.78, 5) is 18.6. The molecule has 1 aliphatic rings. The number of nitrogens with one attached hydrogen (secondary N) is 2. The smallest absolute Gasteiger partial charge is 0.224 e. The maximum absolute atomic E-state index is 11.8. The van der Waals surface area contributed by atoms with Crippen molar-refractivity contribution in [2.75, 3.05) is 32.0 Å². The molecule has 116 valence electrons. The Morgan fingerprint density at radius 2 is 2.38 bits per heavy atom. The molecule has 0 spiro atoms. The summed E-state index contributed by atoms with van der Waals surface area (Å²) in [5.74, 6) is 0.274. The highest BCUT2D eigenvalue weighted by Crippen LogP contribution is 2.19. The molecule has 0 radical (unpaired) electrons. The molecule has 1 aromatic heterocycles. The van der Waals surface area contributed by atoms with E-state index in [-0.39, 0.29) is 11.8 Å². The van der Waals surface area contributed by atoms with Crippen LogP contribution in [0, 0.1) is 5.92 Å². The number of rotatable bonds is 6. The van der Waals surface area contributed by atoms with Crippen molar-refractivity contribution >= 4 is 11.6 Å². The summed E-state index contributed by atoms with van der Waals surface area (Å²) < 4.78 is 0. The minimum absolute atomic E-state index is 0.116. The first-order valence-corrected chi connectivity index (χ1v) is 7.85. The lowest BCUT2D eigenvalue weighted by molar-refractivity contribution is -0.126. The first-order valence-electron chi connectivity index (χ1n) is 7.85. The molecule has 1 atom stereocenters. The van der Waals surface area contributed by atoms with Crippen LogP contribution in [0.1, 0.15) is 31.9 Å². The van der Waals surface area contributed by atoms with Gasteiger partial charge in [0.05, 0.1) is 11.6 Å². The maximum Gasteiger partial charge on any atom is 0.224 e. The van der Waals surface area contributed by atoms with Crippen molar-refractivity contribution in [3.8, 4) is 0 Å². The second-order valence-corrected chi connectivity index (χ2v) is 5.65. The predicted molar refractivity (Wildman–Crippen MR) is 85.1 cm³/mol. The number of aromatic nitrogens is 1. The topological polar surface area (TPSA) is 57.3 Å². The van der Waals surface area contributed by atoms with Gasteiger partial charge in [-0.3, -0.25) is 14.7 Å². The highest BCUT2D eigenvalue weighted by molar-refractivity contribution is 5.78. The molecule has 0 aromatic carbocycles. The second-order valence-electron chi connectivity index (χ2n) is 5.65. The van der Waals surface area contributed by atoms with Gasteiger partial charge >= 0.3 is 0 Å². The fourth-order valence-electron chi connectivity index (χ4n) is 2.79. The number of pyridine rings is 1. The molecule has 5 nitrogen and oxygen atoms in total. The Balaban J connectivity index is 1.93. The molecule has 2 N–H and O–H groups in total. The molecule has 1 aromatic rings. The van der Waals surface area contributed by atoms with E-state index in [2.05, 4.69) is 33.5 Å². The van der Waals surface area contributed by atoms with E-state index in [9.17, 15) is 4.79 Å². The van der Waals surface area contributed by atoms with E-state index in [1.165, 1.54) is 0 Å². The van der Waals surface area contributed by atoms with Gasteiger partial charge in [0.25, 0.3) is 0 Å². The van der Waals surface area contributed by atoms with Gasteiger partial charge in [-0.25, -0.2) is 0 Å². The van der Waals surface area contributed by atoms with Crippen LogP contribution in [-0.4, -0.2) is 42.5 Å². The summed E-state index contributed by atoms with van der Waals surface area (Å²) in [5.41, 5.74) is 2.19. The van der Waals surface area contributed by atoms with Gasteiger partial charge in [0, 0.05) is 38.6 Å². The molecule has 0 bridgehead atoms. The molecule has 2 heterocycles. The Bertz CT molecular complexity index is 463. The van der Waals surface area contributed by atoms with Gasteiger partial charge in [-0.1, -0.05) is 6.92 Å². The van der Waals surface area contributed by atoms with E-state index in [0.29, 0.717) is 0 Å². The van der Waals surface area contributed by atoms with E-state index in [4.69, 9.17) is 0 Å². The quantitative estimate of drug-likeness (QED) is 0.839. The van der Waals surface area contributed by atoms with E-state index in [1.54, 1.807) is 7.05 Å². The molecule has 1 amide bonds. The lowest BCUT2D eigenvalue weighted by atomic mass is 9.97. The van der Waals surface area contributed by atoms with E-state index >= 15 is 0 Å². The SMILES string of the molecule is CCCNc1ccnc(CN2CCCC(C(=O)NC)C2)c1. The number of carbonyl (C=O) groups is 1. The van der Waals surface area contributed by atoms with Crippen LogP contribution in [0.2, 0.25) is 0 Å². The number of hydrogen-bond donors (Lipinski definition) is 2. The number of likely N-dealkylation sites (tertiary alicyclic amines) is 1. The molecule has 1 aliphatic heterocycles. The third-order valence-corrected chi connectivity index (χ3v) is 3.90. The van der Waals surface area contributed by atoms with Gasteiger partial charge in [0.1, 0.15) is 0 Å². The summed E-state index contributed by atoms with van der Waals surface area (Å²) in [6.07, 6.45) is 5.03. The number of amides is 1. The molecule has 1 fully saturated rings. The number of piperidine rings is 1. The number of anilines is 1. The van der Waals surface area contributed by atoms with Crippen molar-refractivity contribution in [3.63, 3.8) is 0 Å². The highest BCUT2D eigenvalue weighted by atomic mass is 16.1. The molecule has 1 saturated heterocycles. The molecule has 0 aliphatic carbocycles. The Labute approximate surface area is 127 Å². The number of nitrogens with zero attached hydrogens (tertiary/aromatic N) is 2. The van der Waals surface area contributed by atoms with Crippen molar-refractivity contribution in [2.24, 2.45) is 5.92 Å². The van der Waals surface area contributed by atoms with Crippen molar-refractivity contribution in [3.05, 3.63) is 24.0 Å². The van der Waals surface area contributed by atoms with Crippen LogP contribution in [-0.2, 0) is 11.3 Å². The third-order valence-electron chi connectivity index (χ3n) is 3.90. The number of carbonyl (C=O) groups excluding carboxylic acids is 1. The summed E-state index contributed by atoms with van der Waals surface area (Å²) in [7, 11) is 1.71. The van der Waals surface area contributed by atoms with Gasteiger partial charge in [-0.2, -0.15) is 0 Å². The zero-order valence-corrected chi connectivity index (χ0v) is 13.1. The predicted octanol–water partition coefficient (Wildman–Crippen LogP) is 1.86. The van der Waals surface area contributed by atoms with Crippen LogP contribution in [0.3, 0.4) is 0 Å².